The van der Waals surface area contributed by atoms with Crippen LogP contribution in [0.4, 0.5) is 0 Å². The SMILES string of the molecule is CC(=O)c1ccc(OC(C)(C)CC(C)(C)C(N)=O)cc1. The summed E-state index contributed by atoms with van der Waals surface area (Å²) < 4.78 is 5.90. The molecule has 1 amide bonds. The topological polar surface area (TPSA) is 69.4 Å². The maximum absolute atomic E-state index is 11.4. The molecule has 0 saturated carbocycles. The van der Waals surface area contributed by atoms with E-state index in [-0.39, 0.29) is 11.7 Å². The molecule has 4 nitrogen and oxygen atoms in total. The molecule has 0 fully saturated rings. The van der Waals surface area contributed by atoms with Gasteiger partial charge in [0.1, 0.15) is 11.4 Å². The van der Waals surface area contributed by atoms with Crippen LogP contribution in [0, 0.1) is 5.41 Å². The Labute approximate surface area is 120 Å². The van der Waals surface area contributed by atoms with Crippen molar-refractivity contribution in [3.05, 3.63) is 29.8 Å². The molecule has 0 aromatic heterocycles. The van der Waals surface area contributed by atoms with Crippen LogP contribution in [-0.4, -0.2) is 17.3 Å². The van der Waals surface area contributed by atoms with Crippen molar-refractivity contribution in [1.29, 1.82) is 0 Å². The van der Waals surface area contributed by atoms with Crippen LogP contribution in [0.5, 0.6) is 5.75 Å². The molecule has 110 valence electrons. The lowest BCUT2D eigenvalue weighted by molar-refractivity contribution is -0.128. The summed E-state index contributed by atoms with van der Waals surface area (Å²) in [5, 5.41) is 0. The van der Waals surface area contributed by atoms with E-state index in [1.54, 1.807) is 38.1 Å². The summed E-state index contributed by atoms with van der Waals surface area (Å²) in [6.45, 7) is 8.96. The van der Waals surface area contributed by atoms with Gasteiger partial charge < -0.3 is 10.5 Å². The van der Waals surface area contributed by atoms with Crippen LogP contribution in [0.2, 0.25) is 0 Å². The molecule has 0 aliphatic heterocycles. The molecule has 0 aliphatic carbocycles. The summed E-state index contributed by atoms with van der Waals surface area (Å²) in [5.74, 6) is 0.340. The number of rotatable bonds is 6. The standard InChI is InChI=1S/C16H23NO3/c1-11(18)12-6-8-13(9-7-12)20-16(4,5)10-15(2,3)14(17)19/h6-9H,10H2,1-5H3,(H2,17,19). The van der Waals surface area contributed by atoms with Gasteiger partial charge in [-0.3, -0.25) is 9.59 Å². The average Bonchev–Trinajstić information content (AvgIpc) is 2.27. The maximum Gasteiger partial charge on any atom is 0.223 e. The molecule has 2 N–H and O–H groups in total. The van der Waals surface area contributed by atoms with E-state index in [1.807, 2.05) is 13.8 Å². The van der Waals surface area contributed by atoms with E-state index in [9.17, 15) is 9.59 Å². The summed E-state index contributed by atoms with van der Waals surface area (Å²) in [6.07, 6.45) is 0.504. The number of ketones is 1. The number of hydrogen-bond donors (Lipinski definition) is 1. The second kappa shape index (κ2) is 5.65. The largest absolute Gasteiger partial charge is 0.488 e. The van der Waals surface area contributed by atoms with Crippen LogP contribution >= 0.6 is 0 Å². The van der Waals surface area contributed by atoms with Gasteiger partial charge in [-0.05, 0) is 45.0 Å². The van der Waals surface area contributed by atoms with E-state index >= 15 is 0 Å². The van der Waals surface area contributed by atoms with E-state index in [2.05, 4.69) is 0 Å². The molecule has 1 aromatic rings. The fourth-order valence-electron chi connectivity index (χ4n) is 2.26. The Morgan fingerprint density at radius 1 is 1.10 bits per heavy atom. The van der Waals surface area contributed by atoms with E-state index in [1.165, 1.54) is 6.92 Å². The van der Waals surface area contributed by atoms with Crippen LogP contribution < -0.4 is 10.5 Å². The van der Waals surface area contributed by atoms with Crippen molar-refractivity contribution in [3.8, 4) is 5.75 Å². The highest BCUT2D eigenvalue weighted by molar-refractivity contribution is 5.94. The van der Waals surface area contributed by atoms with Gasteiger partial charge in [-0.15, -0.1) is 0 Å². The molecule has 1 rings (SSSR count). The number of amides is 1. The van der Waals surface area contributed by atoms with Gasteiger partial charge in [-0.25, -0.2) is 0 Å². The molecule has 0 atom stereocenters. The van der Waals surface area contributed by atoms with Crippen molar-refractivity contribution < 1.29 is 14.3 Å². The van der Waals surface area contributed by atoms with Gasteiger partial charge in [0.05, 0.1) is 0 Å². The average molecular weight is 277 g/mol. The molecule has 20 heavy (non-hydrogen) atoms. The van der Waals surface area contributed by atoms with Crippen molar-refractivity contribution in [1.82, 2.24) is 0 Å². The number of primary amides is 1. The number of carbonyl (C=O) groups excluding carboxylic acids is 2. The van der Waals surface area contributed by atoms with E-state index in [0.717, 1.165) is 0 Å². The lowest BCUT2D eigenvalue weighted by atomic mass is 9.81. The maximum atomic E-state index is 11.4. The normalized spacial score (nSPS) is 12.1. The zero-order valence-corrected chi connectivity index (χ0v) is 12.8. The van der Waals surface area contributed by atoms with Crippen molar-refractivity contribution in [2.45, 2.75) is 46.6 Å². The van der Waals surface area contributed by atoms with Crippen molar-refractivity contribution >= 4 is 11.7 Å². The highest BCUT2D eigenvalue weighted by Gasteiger charge is 2.34. The summed E-state index contributed by atoms with van der Waals surface area (Å²) in [7, 11) is 0. The Hall–Kier alpha value is -1.84. The minimum absolute atomic E-state index is 0.0191. The van der Waals surface area contributed by atoms with Gasteiger partial charge in [-0.2, -0.15) is 0 Å². The van der Waals surface area contributed by atoms with Gasteiger partial charge in [0.25, 0.3) is 0 Å². The first kappa shape index (κ1) is 16.2. The van der Waals surface area contributed by atoms with Gasteiger partial charge in [-0.1, -0.05) is 13.8 Å². The third-order valence-corrected chi connectivity index (χ3v) is 3.19. The Bertz CT molecular complexity index is 501. The van der Waals surface area contributed by atoms with Gasteiger partial charge >= 0.3 is 0 Å². The molecule has 0 spiro atoms. The highest BCUT2D eigenvalue weighted by Crippen LogP contribution is 2.31. The summed E-state index contributed by atoms with van der Waals surface area (Å²) in [4.78, 5) is 22.6. The van der Waals surface area contributed by atoms with E-state index in [4.69, 9.17) is 10.5 Å². The number of nitrogens with two attached hydrogens (primary N) is 1. The van der Waals surface area contributed by atoms with Gasteiger partial charge in [0.2, 0.25) is 5.91 Å². The number of Topliss-reactive ketones (excluding diaryl/α,β-unsaturated/α-hetero) is 1. The molecular formula is C16H23NO3. The molecule has 4 heteroatoms. The Balaban J connectivity index is 2.80. The second-order valence-corrected chi connectivity index (χ2v) is 6.37. The van der Waals surface area contributed by atoms with E-state index < -0.39 is 11.0 Å². The van der Waals surface area contributed by atoms with Crippen LogP contribution in [0.15, 0.2) is 24.3 Å². The fraction of sp³-hybridized carbons (Fsp3) is 0.500. The lowest BCUT2D eigenvalue weighted by Gasteiger charge is -2.33. The first-order chi connectivity index (χ1) is 9.03. The fourth-order valence-corrected chi connectivity index (χ4v) is 2.26. The zero-order valence-electron chi connectivity index (χ0n) is 12.8. The van der Waals surface area contributed by atoms with Crippen molar-refractivity contribution in [2.24, 2.45) is 11.1 Å². The summed E-state index contributed by atoms with van der Waals surface area (Å²) in [5.41, 5.74) is 4.87. The second-order valence-electron chi connectivity index (χ2n) is 6.37. The zero-order chi connectivity index (χ0) is 15.6. The molecule has 1 aromatic carbocycles. The van der Waals surface area contributed by atoms with Crippen molar-refractivity contribution in [2.75, 3.05) is 0 Å². The number of hydrogen-bond acceptors (Lipinski definition) is 3. The monoisotopic (exact) mass is 277 g/mol. The highest BCUT2D eigenvalue weighted by atomic mass is 16.5. The molecule has 0 bridgehead atoms. The summed E-state index contributed by atoms with van der Waals surface area (Å²) >= 11 is 0. The van der Waals surface area contributed by atoms with E-state index in [0.29, 0.717) is 17.7 Å². The first-order valence-corrected chi connectivity index (χ1v) is 6.63. The predicted octanol–water partition coefficient (Wildman–Crippen LogP) is 2.95. The molecule has 0 saturated heterocycles. The Kier molecular flexibility index (Phi) is 4.58. The number of carbonyl (C=O) groups is 2. The number of benzene rings is 1. The molecule has 0 radical (unpaired) electrons. The third-order valence-electron chi connectivity index (χ3n) is 3.19. The molecule has 0 unspecified atom stereocenters. The Morgan fingerprint density at radius 2 is 1.60 bits per heavy atom. The van der Waals surface area contributed by atoms with Crippen LogP contribution in [0.3, 0.4) is 0 Å². The minimum Gasteiger partial charge on any atom is -0.488 e. The first-order valence-electron chi connectivity index (χ1n) is 6.63. The smallest absolute Gasteiger partial charge is 0.223 e. The van der Waals surface area contributed by atoms with Gasteiger partial charge in [0.15, 0.2) is 5.78 Å². The van der Waals surface area contributed by atoms with Crippen LogP contribution in [0.1, 0.15) is 51.4 Å². The molecule has 0 aliphatic rings. The minimum atomic E-state index is -0.636. The third kappa shape index (κ3) is 4.37. The quantitative estimate of drug-likeness (QED) is 0.813. The Morgan fingerprint density at radius 3 is 2.00 bits per heavy atom. The van der Waals surface area contributed by atoms with Gasteiger partial charge in [0, 0.05) is 17.4 Å². The van der Waals surface area contributed by atoms with Crippen molar-refractivity contribution in [3.63, 3.8) is 0 Å². The predicted molar refractivity (Wildman–Crippen MR) is 78.7 cm³/mol. The lowest BCUT2D eigenvalue weighted by Crippen LogP contribution is -2.41. The summed E-state index contributed by atoms with van der Waals surface area (Å²) in [6, 6.07) is 6.98. The number of ether oxygens (including phenoxy) is 1. The molecule has 0 heterocycles. The molecular weight excluding hydrogens is 254 g/mol. The van der Waals surface area contributed by atoms with Crippen LogP contribution in [-0.2, 0) is 4.79 Å². The van der Waals surface area contributed by atoms with Crippen LogP contribution in [0.25, 0.3) is 0 Å².